The van der Waals surface area contributed by atoms with Crippen molar-refractivity contribution in [3.63, 3.8) is 0 Å². The standard InChI is InChI=1S/C16H18N2O2/c1-20-15-7-6-11(10-4-2-3-5-12(10)15)13-8-18-9-14(13)16(17)19/h2-7,13-14,18H,8-9H2,1H3,(H2,17,19). The Balaban J connectivity index is 2.15. The maximum Gasteiger partial charge on any atom is 0.222 e. The van der Waals surface area contributed by atoms with E-state index in [0.717, 1.165) is 28.6 Å². The number of nitrogens with one attached hydrogen (secondary N) is 1. The van der Waals surface area contributed by atoms with Gasteiger partial charge in [-0.05, 0) is 17.0 Å². The Morgan fingerprint density at radius 1 is 1.20 bits per heavy atom. The van der Waals surface area contributed by atoms with Crippen LogP contribution < -0.4 is 15.8 Å². The third-order valence-electron chi connectivity index (χ3n) is 4.12. The summed E-state index contributed by atoms with van der Waals surface area (Å²) >= 11 is 0. The monoisotopic (exact) mass is 270 g/mol. The summed E-state index contributed by atoms with van der Waals surface area (Å²) in [5, 5.41) is 5.47. The van der Waals surface area contributed by atoms with Crippen LogP contribution >= 0.6 is 0 Å². The van der Waals surface area contributed by atoms with Crippen molar-refractivity contribution < 1.29 is 9.53 Å². The molecule has 1 saturated heterocycles. The molecule has 4 nitrogen and oxygen atoms in total. The zero-order valence-corrected chi connectivity index (χ0v) is 11.4. The van der Waals surface area contributed by atoms with Crippen molar-refractivity contribution >= 4 is 16.7 Å². The number of carbonyl (C=O) groups excluding carboxylic acids is 1. The first-order chi connectivity index (χ1) is 9.72. The molecule has 2 atom stereocenters. The molecular formula is C16H18N2O2. The van der Waals surface area contributed by atoms with E-state index in [4.69, 9.17) is 10.5 Å². The molecule has 0 bridgehead atoms. The van der Waals surface area contributed by atoms with Crippen LogP contribution in [0.2, 0.25) is 0 Å². The van der Waals surface area contributed by atoms with Gasteiger partial charge in [0.05, 0.1) is 13.0 Å². The summed E-state index contributed by atoms with van der Waals surface area (Å²) in [4.78, 5) is 11.6. The minimum Gasteiger partial charge on any atom is -0.496 e. The second kappa shape index (κ2) is 5.13. The summed E-state index contributed by atoms with van der Waals surface area (Å²) < 4.78 is 5.41. The topological polar surface area (TPSA) is 64.3 Å². The molecule has 2 aromatic carbocycles. The van der Waals surface area contributed by atoms with Gasteiger partial charge in [-0.15, -0.1) is 0 Å². The first kappa shape index (κ1) is 12.9. The predicted octanol–water partition coefficient (Wildman–Crippen LogP) is 1.64. The lowest BCUT2D eigenvalue weighted by molar-refractivity contribution is -0.121. The number of primary amides is 1. The third-order valence-corrected chi connectivity index (χ3v) is 4.12. The van der Waals surface area contributed by atoms with Crippen LogP contribution in [-0.4, -0.2) is 26.1 Å². The summed E-state index contributed by atoms with van der Waals surface area (Å²) in [6, 6.07) is 12.1. The number of hydrogen-bond donors (Lipinski definition) is 2. The minimum atomic E-state index is -0.236. The number of benzene rings is 2. The molecule has 0 aromatic heterocycles. The zero-order chi connectivity index (χ0) is 14.1. The van der Waals surface area contributed by atoms with Gasteiger partial charge >= 0.3 is 0 Å². The van der Waals surface area contributed by atoms with Gasteiger partial charge in [0.25, 0.3) is 0 Å². The number of fused-ring (bicyclic) bond motifs is 1. The Kier molecular flexibility index (Phi) is 3.32. The first-order valence-electron chi connectivity index (χ1n) is 6.78. The Morgan fingerprint density at radius 2 is 1.95 bits per heavy atom. The molecule has 2 unspecified atom stereocenters. The van der Waals surface area contributed by atoms with Gasteiger partial charge in [0.1, 0.15) is 5.75 Å². The molecule has 2 aromatic rings. The summed E-state index contributed by atoms with van der Waals surface area (Å²) in [6.45, 7) is 1.43. The van der Waals surface area contributed by atoms with E-state index in [1.165, 1.54) is 0 Å². The molecule has 4 heteroatoms. The van der Waals surface area contributed by atoms with Crippen LogP contribution in [0.4, 0.5) is 0 Å². The second-order valence-corrected chi connectivity index (χ2v) is 5.18. The number of methoxy groups -OCH3 is 1. The molecule has 0 radical (unpaired) electrons. The van der Waals surface area contributed by atoms with Gasteiger partial charge in [-0.1, -0.05) is 30.3 Å². The Hall–Kier alpha value is -2.07. The summed E-state index contributed by atoms with van der Waals surface area (Å²) in [6.07, 6.45) is 0. The van der Waals surface area contributed by atoms with E-state index in [-0.39, 0.29) is 17.7 Å². The van der Waals surface area contributed by atoms with Crippen LogP contribution in [0, 0.1) is 5.92 Å². The van der Waals surface area contributed by atoms with Crippen LogP contribution in [0.3, 0.4) is 0 Å². The van der Waals surface area contributed by atoms with E-state index < -0.39 is 0 Å². The molecule has 0 spiro atoms. The molecular weight excluding hydrogens is 252 g/mol. The molecule has 104 valence electrons. The SMILES string of the molecule is COc1ccc(C2CNCC2C(N)=O)c2ccccc12. The molecule has 0 aliphatic carbocycles. The van der Waals surface area contributed by atoms with Gasteiger partial charge in [-0.25, -0.2) is 0 Å². The van der Waals surface area contributed by atoms with Crippen LogP contribution in [-0.2, 0) is 4.79 Å². The highest BCUT2D eigenvalue weighted by Crippen LogP contribution is 2.36. The Bertz CT molecular complexity index is 654. The highest BCUT2D eigenvalue weighted by Gasteiger charge is 2.33. The van der Waals surface area contributed by atoms with Crippen LogP contribution in [0.1, 0.15) is 11.5 Å². The van der Waals surface area contributed by atoms with Crippen molar-refractivity contribution in [3.05, 3.63) is 42.0 Å². The molecule has 1 heterocycles. The summed E-state index contributed by atoms with van der Waals surface area (Å²) in [5.74, 6) is 0.598. The number of rotatable bonds is 3. The van der Waals surface area contributed by atoms with Gasteiger partial charge in [0.15, 0.2) is 0 Å². The molecule has 1 aliphatic rings. The lowest BCUT2D eigenvalue weighted by Gasteiger charge is -2.19. The molecule has 1 fully saturated rings. The molecule has 1 aliphatic heterocycles. The number of nitrogens with two attached hydrogens (primary N) is 1. The van der Waals surface area contributed by atoms with E-state index in [2.05, 4.69) is 17.4 Å². The van der Waals surface area contributed by atoms with Gasteiger partial charge in [-0.3, -0.25) is 4.79 Å². The number of amides is 1. The Labute approximate surface area is 117 Å². The summed E-state index contributed by atoms with van der Waals surface area (Å²) in [5.41, 5.74) is 6.68. The van der Waals surface area contributed by atoms with E-state index >= 15 is 0 Å². The van der Waals surface area contributed by atoms with Crippen LogP contribution in [0.5, 0.6) is 5.75 Å². The molecule has 3 N–H and O–H groups in total. The highest BCUT2D eigenvalue weighted by atomic mass is 16.5. The van der Waals surface area contributed by atoms with Gasteiger partial charge in [0, 0.05) is 24.4 Å². The van der Waals surface area contributed by atoms with Crippen LogP contribution in [0.15, 0.2) is 36.4 Å². The minimum absolute atomic E-state index is 0.128. The van der Waals surface area contributed by atoms with Gasteiger partial charge < -0.3 is 15.8 Å². The van der Waals surface area contributed by atoms with Gasteiger partial charge in [0.2, 0.25) is 5.91 Å². The molecule has 20 heavy (non-hydrogen) atoms. The predicted molar refractivity (Wildman–Crippen MR) is 78.8 cm³/mol. The fourth-order valence-corrected chi connectivity index (χ4v) is 3.10. The number of carbonyl (C=O) groups is 1. The van der Waals surface area contributed by atoms with E-state index in [0.29, 0.717) is 6.54 Å². The average molecular weight is 270 g/mol. The Morgan fingerprint density at radius 3 is 2.65 bits per heavy atom. The quantitative estimate of drug-likeness (QED) is 0.891. The maximum absolute atomic E-state index is 11.6. The van der Waals surface area contributed by atoms with Crippen LogP contribution in [0.25, 0.3) is 10.8 Å². The normalized spacial score (nSPS) is 22.1. The van der Waals surface area contributed by atoms with Crippen molar-refractivity contribution in [2.75, 3.05) is 20.2 Å². The molecule has 1 amide bonds. The fourth-order valence-electron chi connectivity index (χ4n) is 3.10. The second-order valence-electron chi connectivity index (χ2n) is 5.18. The van der Waals surface area contributed by atoms with Gasteiger partial charge in [-0.2, -0.15) is 0 Å². The maximum atomic E-state index is 11.6. The number of ether oxygens (including phenoxy) is 1. The first-order valence-corrected chi connectivity index (χ1v) is 6.78. The number of hydrogen-bond acceptors (Lipinski definition) is 3. The lowest BCUT2D eigenvalue weighted by atomic mass is 9.85. The smallest absolute Gasteiger partial charge is 0.222 e. The van der Waals surface area contributed by atoms with E-state index in [1.54, 1.807) is 7.11 Å². The largest absolute Gasteiger partial charge is 0.496 e. The van der Waals surface area contributed by atoms with E-state index in [9.17, 15) is 4.79 Å². The molecule has 0 saturated carbocycles. The third kappa shape index (κ3) is 2.02. The fraction of sp³-hybridized carbons (Fsp3) is 0.312. The summed E-state index contributed by atoms with van der Waals surface area (Å²) in [7, 11) is 1.67. The van der Waals surface area contributed by atoms with Crippen molar-refractivity contribution in [2.24, 2.45) is 11.7 Å². The van der Waals surface area contributed by atoms with Crippen molar-refractivity contribution in [1.82, 2.24) is 5.32 Å². The highest BCUT2D eigenvalue weighted by molar-refractivity contribution is 5.92. The average Bonchev–Trinajstić information content (AvgIpc) is 2.95. The van der Waals surface area contributed by atoms with Crippen molar-refractivity contribution in [3.8, 4) is 5.75 Å². The zero-order valence-electron chi connectivity index (χ0n) is 11.4. The van der Waals surface area contributed by atoms with E-state index in [1.807, 2.05) is 24.3 Å². The molecule has 3 rings (SSSR count). The van der Waals surface area contributed by atoms with Crippen molar-refractivity contribution in [1.29, 1.82) is 0 Å². The van der Waals surface area contributed by atoms with Crippen molar-refractivity contribution in [2.45, 2.75) is 5.92 Å². The lowest BCUT2D eigenvalue weighted by Crippen LogP contribution is -2.28.